The van der Waals surface area contributed by atoms with Gasteiger partial charge in [0.15, 0.2) is 0 Å². The van der Waals surface area contributed by atoms with Crippen molar-refractivity contribution in [1.29, 1.82) is 0 Å². The van der Waals surface area contributed by atoms with E-state index in [0.29, 0.717) is 4.83 Å². The van der Waals surface area contributed by atoms with E-state index in [1.165, 1.54) is 21.6 Å². The SMILES string of the molecule is CCc1ccc(C(Br)c2cccs2)cc1CC. The monoisotopic (exact) mass is 308 g/mol. The summed E-state index contributed by atoms with van der Waals surface area (Å²) in [6, 6.07) is 11.2. The van der Waals surface area contributed by atoms with E-state index in [0.717, 1.165) is 12.8 Å². The van der Waals surface area contributed by atoms with E-state index in [1.807, 2.05) is 0 Å². The summed E-state index contributed by atoms with van der Waals surface area (Å²) in [5.74, 6) is 0. The van der Waals surface area contributed by atoms with Gasteiger partial charge < -0.3 is 0 Å². The van der Waals surface area contributed by atoms with Crippen LogP contribution >= 0.6 is 27.3 Å². The summed E-state index contributed by atoms with van der Waals surface area (Å²) < 4.78 is 0. The Kier molecular flexibility index (Phi) is 4.41. The molecule has 0 fully saturated rings. The first-order valence-corrected chi connectivity index (χ1v) is 7.85. The Morgan fingerprint density at radius 2 is 1.88 bits per heavy atom. The average Bonchev–Trinajstić information content (AvgIpc) is 2.90. The molecule has 0 saturated heterocycles. The molecule has 1 aromatic carbocycles. The topological polar surface area (TPSA) is 0 Å². The molecule has 0 aliphatic rings. The molecule has 1 aromatic heterocycles. The van der Waals surface area contributed by atoms with Crippen molar-refractivity contribution < 1.29 is 0 Å². The molecule has 1 unspecified atom stereocenters. The molecule has 1 atom stereocenters. The Bertz CT molecular complexity index is 474. The maximum Gasteiger partial charge on any atom is 0.0738 e. The number of benzene rings is 1. The van der Waals surface area contributed by atoms with E-state index >= 15 is 0 Å². The van der Waals surface area contributed by atoms with E-state index in [-0.39, 0.29) is 0 Å². The average molecular weight is 309 g/mol. The fourth-order valence-electron chi connectivity index (χ4n) is 2.08. The van der Waals surface area contributed by atoms with Crippen LogP contribution < -0.4 is 0 Å². The van der Waals surface area contributed by atoms with Gasteiger partial charge in [-0.25, -0.2) is 0 Å². The van der Waals surface area contributed by atoms with Crippen molar-refractivity contribution in [2.45, 2.75) is 31.5 Å². The minimum atomic E-state index is 0.332. The quantitative estimate of drug-likeness (QED) is 0.667. The normalized spacial score (nSPS) is 12.6. The first-order valence-electron chi connectivity index (χ1n) is 6.05. The molecular formula is C15H17BrS. The molecule has 17 heavy (non-hydrogen) atoms. The molecule has 0 nitrogen and oxygen atoms in total. The molecule has 0 aliphatic heterocycles. The highest BCUT2D eigenvalue weighted by atomic mass is 79.9. The van der Waals surface area contributed by atoms with Gasteiger partial charge in [-0.3, -0.25) is 0 Å². The van der Waals surface area contributed by atoms with Gasteiger partial charge in [0.05, 0.1) is 4.83 Å². The molecule has 0 amide bonds. The van der Waals surface area contributed by atoms with Crippen LogP contribution in [0.15, 0.2) is 35.7 Å². The molecule has 0 bridgehead atoms. The van der Waals surface area contributed by atoms with Gasteiger partial charge in [0.2, 0.25) is 0 Å². The standard InChI is InChI=1S/C15H17BrS/c1-3-11-7-8-13(10-12(11)4-2)15(16)14-6-5-9-17-14/h5-10,15H,3-4H2,1-2H3. The molecule has 0 N–H and O–H groups in total. The smallest absolute Gasteiger partial charge is 0.0738 e. The van der Waals surface area contributed by atoms with E-state index in [4.69, 9.17) is 0 Å². The first kappa shape index (κ1) is 12.8. The summed E-state index contributed by atoms with van der Waals surface area (Å²) in [5.41, 5.74) is 4.31. The van der Waals surface area contributed by atoms with E-state index in [1.54, 1.807) is 11.3 Å². The third-order valence-electron chi connectivity index (χ3n) is 3.08. The van der Waals surface area contributed by atoms with E-state index < -0.39 is 0 Å². The number of hydrogen-bond acceptors (Lipinski definition) is 1. The number of rotatable bonds is 4. The Morgan fingerprint density at radius 1 is 1.12 bits per heavy atom. The Morgan fingerprint density at radius 3 is 2.47 bits per heavy atom. The van der Waals surface area contributed by atoms with Gasteiger partial charge in [0.25, 0.3) is 0 Å². The van der Waals surface area contributed by atoms with Crippen molar-refractivity contribution in [2.75, 3.05) is 0 Å². The highest BCUT2D eigenvalue weighted by Gasteiger charge is 2.12. The lowest BCUT2D eigenvalue weighted by molar-refractivity contribution is 1.02. The lowest BCUT2D eigenvalue weighted by Crippen LogP contribution is -1.96. The number of halogens is 1. The van der Waals surface area contributed by atoms with Crippen LogP contribution in [-0.2, 0) is 12.8 Å². The molecule has 0 aliphatic carbocycles. The predicted octanol–water partition coefficient (Wildman–Crippen LogP) is 5.36. The van der Waals surface area contributed by atoms with E-state index in [2.05, 4.69) is 65.5 Å². The molecule has 0 radical (unpaired) electrons. The summed E-state index contributed by atoms with van der Waals surface area (Å²) in [5, 5.41) is 2.13. The second kappa shape index (κ2) is 5.83. The lowest BCUT2D eigenvalue weighted by atomic mass is 9.98. The van der Waals surface area contributed by atoms with Crippen LogP contribution in [0.1, 0.15) is 40.2 Å². The molecule has 2 heteroatoms. The fraction of sp³-hybridized carbons (Fsp3) is 0.333. The van der Waals surface area contributed by atoms with Crippen LogP contribution in [0.3, 0.4) is 0 Å². The summed E-state index contributed by atoms with van der Waals surface area (Å²) in [6.07, 6.45) is 2.23. The van der Waals surface area contributed by atoms with Crippen LogP contribution in [-0.4, -0.2) is 0 Å². The number of alkyl halides is 1. The fourth-order valence-corrected chi connectivity index (χ4v) is 3.57. The molecule has 1 heterocycles. The second-order valence-electron chi connectivity index (χ2n) is 4.11. The predicted molar refractivity (Wildman–Crippen MR) is 80.3 cm³/mol. The number of aryl methyl sites for hydroxylation is 2. The Hall–Kier alpha value is -0.600. The van der Waals surface area contributed by atoms with Gasteiger partial charge >= 0.3 is 0 Å². The van der Waals surface area contributed by atoms with E-state index in [9.17, 15) is 0 Å². The summed E-state index contributed by atoms with van der Waals surface area (Å²) >= 11 is 5.60. The molecule has 0 saturated carbocycles. The third kappa shape index (κ3) is 2.80. The molecule has 2 aromatic rings. The Balaban J connectivity index is 2.33. The van der Waals surface area contributed by atoms with Crippen LogP contribution in [0, 0.1) is 0 Å². The van der Waals surface area contributed by atoms with Crippen molar-refractivity contribution in [3.8, 4) is 0 Å². The zero-order chi connectivity index (χ0) is 12.3. The zero-order valence-electron chi connectivity index (χ0n) is 10.2. The Labute approximate surface area is 116 Å². The van der Waals surface area contributed by atoms with Crippen molar-refractivity contribution in [3.63, 3.8) is 0 Å². The maximum absolute atomic E-state index is 3.79. The minimum Gasteiger partial charge on any atom is -0.147 e. The highest BCUT2D eigenvalue weighted by Crippen LogP contribution is 2.34. The summed E-state index contributed by atoms with van der Waals surface area (Å²) in [7, 11) is 0. The number of hydrogen-bond donors (Lipinski definition) is 0. The maximum atomic E-state index is 3.79. The largest absolute Gasteiger partial charge is 0.147 e. The van der Waals surface area contributed by atoms with Gasteiger partial charge in [-0.2, -0.15) is 0 Å². The summed E-state index contributed by atoms with van der Waals surface area (Å²) in [4.78, 5) is 1.70. The van der Waals surface area contributed by atoms with Crippen molar-refractivity contribution in [2.24, 2.45) is 0 Å². The third-order valence-corrected chi connectivity index (χ3v) is 5.34. The molecule has 2 rings (SSSR count). The lowest BCUT2D eigenvalue weighted by Gasteiger charge is -2.12. The van der Waals surface area contributed by atoms with Crippen molar-refractivity contribution in [1.82, 2.24) is 0 Å². The zero-order valence-corrected chi connectivity index (χ0v) is 12.6. The van der Waals surface area contributed by atoms with Crippen molar-refractivity contribution in [3.05, 3.63) is 57.3 Å². The van der Waals surface area contributed by atoms with Gasteiger partial charge in [-0.05, 0) is 41.0 Å². The molecule has 90 valence electrons. The first-order chi connectivity index (χ1) is 8.26. The van der Waals surface area contributed by atoms with Gasteiger partial charge in [0.1, 0.15) is 0 Å². The highest BCUT2D eigenvalue weighted by molar-refractivity contribution is 9.09. The molecular weight excluding hydrogens is 292 g/mol. The second-order valence-corrected chi connectivity index (χ2v) is 6.01. The van der Waals surface area contributed by atoms with Crippen LogP contribution in [0.2, 0.25) is 0 Å². The molecule has 0 spiro atoms. The van der Waals surface area contributed by atoms with Gasteiger partial charge in [-0.1, -0.05) is 54.0 Å². The van der Waals surface area contributed by atoms with Crippen LogP contribution in [0.25, 0.3) is 0 Å². The van der Waals surface area contributed by atoms with Gasteiger partial charge in [-0.15, -0.1) is 11.3 Å². The number of thiophene rings is 1. The summed E-state index contributed by atoms with van der Waals surface area (Å²) in [6.45, 7) is 4.45. The van der Waals surface area contributed by atoms with Gasteiger partial charge in [0, 0.05) is 4.88 Å². The van der Waals surface area contributed by atoms with Crippen LogP contribution in [0.4, 0.5) is 0 Å². The minimum absolute atomic E-state index is 0.332. The van der Waals surface area contributed by atoms with Crippen molar-refractivity contribution >= 4 is 27.3 Å². The van der Waals surface area contributed by atoms with Crippen LogP contribution in [0.5, 0.6) is 0 Å².